The van der Waals surface area contributed by atoms with E-state index in [1.165, 1.54) is 0 Å². The van der Waals surface area contributed by atoms with E-state index in [-0.39, 0.29) is 11.7 Å². The molecule has 80 valence electrons. The second-order valence-corrected chi connectivity index (χ2v) is 3.58. The smallest absolute Gasteiger partial charge is 0.132 e. The first-order valence-electron chi connectivity index (χ1n) is 4.87. The quantitative estimate of drug-likeness (QED) is 0.776. The van der Waals surface area contributed by atoms with Gasteiger partial charge in [0.15, 0.2) is 0 Å². The van der Waals surface area contributed by atoms with Gasteiger partial charge in [0.2, 0.25) is 0 Å². The maximum Gasteiger partial charge on any atom is 0.132 e. The molecule has 0 amide bonds. The van der Waals surface area contributed by atoms with E-state index in [0.29, 0.717) is 0 Å². The van der Waals surface area contributed by atoms with Gasteiger partial charge in [0.1, 0.15) is 16.8 Å². The zero-order valence-corrected chi connectivity index (χ0v) is 9.19. The first-order chi connectivity index (χ1) is 7.11. The van der Waals surface area contributed by atoms with E-state index in [0.717, 1.165) is 11.0 Å². The average molecular weight is 205 g/mol. The summed E-state index contributed by atoms with van der Waals surface area (Å²) in [7, 11) is 0. The van der Waals surface area contributed by atoms with E-state index < -0.39 is 0 Å². The predicted molar refractivity (Wildman–Crippen MR) is 59.4 cm³/mol. The Bertz CT molecular complexity index is 404. The van der Waals surface area contributed by atoms with Crippen LogP contribution in [0.15, 0.2) is 24.3 Å². The highest BCUT2D eigenvalue weighted by Gasteiger charge is 1.95. The van der Waals surface area contributed by atoms with Crippen LogP contribution in [0.3, 0.4) is 0 Å². The summed E-state index contributed by atoms with van der Waals surface area (Å²) in [5.41, 5.74) is 1.83. The Hall–Kier alpha value is -1.71. The summed E-state index contributed by atoms with van der Waals surface area (Å²) in [6.45, 7) is 5.38. The van der Waals surface area contributed by atoms with Crippen molar-refractivity contribution < 1.29 is 4.79 Å². The van der Waals surface area contributed by atoms with Crippen molar-refractivity contribution in [2.24, 2.45) is 5.92 Å². The van der Waals surface area contributed by atoms with Crippen molar-refractivity contribution in [3.8, 4) is 0 Å². The fourth-order valence-electron chi connectivity index (χ4n) is 0.786. The number of H-pyrrole nitrogens is 1. The molecule has 0 aliphatic rings. The lowest BCUT2D eigenvalue weighted by atomic mass is 10.1. The molecule has 1 heterocycles. The van der Waals surface area contributed by atoms with Gasteiger partial charge < -0.3 is 0 Å². The van der Waals surface area contributed by atoms with E-state index in [1.54, 1.807) is 6.92 Å². The van der Waals surface area contributed by atoms with Crippen molar-refractivity contribution in [1.29, 1.82) is 0 Å². The number of benzene rings is 1. The average Bonchev–Trinajstić information content (AvgIpc) is 2.66. The largest absolute Gasteiger partial charge is 0.300 e. The summed E-state index contributed by atoms with van der Waals surface area (Å²) in [6, 6.07) is 7.70. The van der Waals surface area contributed by atoms with Crippen molar-refractivity contribution in [1.82, 2.24) is 15.4 Å². The molecule has 2 rings (SSSR count). The number of hydrogen-bond donors (Lipinski definition) is 1. The molecule has 0 radical (unpaired) electrons. The molecule has 0 saturated heterocycles. The molecular weight excluding hydrogens is 190 g/mol. The fraction of sp³-hybridized carbons (Fsp3) is 0.364. The molecule has 0 unspecified atom stereocenters. The second kappa shape index (κ2) is 5.24. The Kier molecular flexibility index (Phi) is 3.97. The molecule has 0 atom stereocenters. The third kappa shape index (κ3) is 3.50. The Morgan fingerprint density at radius 2 is 1.60 bits per heavy atom. The van der Waals surface area contributed by atoms with Crippen molar-refractivity contribution in [2.75, 3.05) is 0 Å². The van der Waals surface area contributed by atoms with Crippen molar-refractivity contribution in [3.05, 3.63) is 24.3 Å². The molecule has 1 aromatic carbocycles. The topological polar surface area (TPSA) is 58.6 Å². The van der Waals surface area contributed by atoms with Gasteiger partial charge in [0.05, 0.1) is 0 Å². The first kappa shape index (κ1) is 11.4. The highest BCUT2D eigenvalue weighted by atomic mass is 16.1. The molecule has 1 N–H and O–H groups in total. The van der Waals surface area contributed by atoms with Crippen LogP contribution in [0.2, 0.25) is 0 Å². The van der Waals surface area contributed by atoms with Gasteiger partial charge in [-0.3, -0.25) is 4.79 Å². The van der Waals surface area contributed by atoms with E-state index in [2.05, 4.69) is 15.4 Å². The Morgan fingerprint density at radius 1 is 1.20 bits per heavy atom. The van der Waals surface area contributed by atoms with Crippen LogP contribution in [0, 0.1) is 5.92 Å². The van der Waals surface area contributed by atoms with Gasteiger partial charge >= 0.3 is 0 Å². The van der Waals surface area contributed by atoms with Gasteiger partial charge in [-0.1, -0.05) is 26.0 Å². The molecule has 0 spiro atoms. The Balaban J connectivity index is 0.000000167. The number of rotatable bonds is 1. The first-order valence-corrected chi connectivity index (χ1v) is 4.87. The summed E-state index contributed by atoms with van der Waals surface area (Å²) in [6.07, 6.45) is 0. The molecule has 4 nitrogen and oxygen atoms in total. The maximum absolute atomic E-state index is 10.1. The normalized spacial score (nSPS) is 9.87. The standard InChI is InChI=1S/C6H5N3.C5H10O/c1-2-4-6-5(3-1)7-9-8-6;1-4(2)5(3)6/h1-4H,(H,7,8,9);4H,1-3H3. The number of carbonyl (C=O) groups excluding carboxylic acids is 1. The van der Waals surface area contributed by atoms with E-state index >= 15 is 0 Å². The molecule has 0 fully saturated rings. The Labute approximate surface area is 88.7 Å². The molecule has 0 aliphatic carbocycles. The van der Waals surface area contributed by atoms with Gasteiger partial charge in [-0.2, -0.15) is 15.4 Å². The molecular formula is C11H15N3O. The third-order valence-corrected chi connectivity index (χ3v) is 2.04. The third-order valence-electron chi connectivity index (χ3n) is 2.04. The molecule has 2 aromatic rings. The SMILES string of the molecule is CC(=O)C(C)C.c1ccc2n[nH]nc2c1. The predicted octanol–water partition coefficient (Wildman–Crippen LogP) is 2.19. The number of aromatic amines is 1. The van der Waals surface area contributed by atoms with Crippen LogP contribution in [0.25, 0.3) is 11.0 Å². The molecule has 4 heteroatoms. The van der Waals surface area contributed by atoms with Crippen LogP contribution in [0.4, 0.5) is 0 Å². The molecule has 0 bridgehead atoms. The fourth-order valence-corrected chi connectivity index (χ4v) is 0.786. The van der Waals surface area contributed by atoms with Crippen molar-refractivity contribution in [3.63, 3.8) is 0 Å². The lowest BCUT2D eigenvalue weighted by molar-refractivity contribution is -0.119. The highest BCUT2D eigenvalue weighted by molar-refractivity contribution is 5.77. The highest BCUT2D eigenvalue weighted by Crippen LogP contribution is 2.03. The summed E-state index contributed by atoms with van der Waals surface area (Å²) < 4.78 is 0. The van der Waals surface area contributed by atoms with Gasteiger partial charge in [0, 0.05) is 5.92 Å². The lowest BCUT2D eigenvalue weighted by Crippen LogP contribution is -1.98. The molecule has 15 heavy (non-hydrogen) atoms. The number of Topliss-reactive ketones (excluding diaryl/α,β-unsaturated/α-hetero) is 1. The van der Waals surface area contributed by atoms with E-state index in [4.69, 9.17) is 0 Å². The van der Waals surface area contributed by atoms with Crippen LogP contribution < -0.4 is 0 Å². The Morgan fingerprint density at radius 3 is 1.93 bits per heavy atom. The number of para-hydroxylation sites is 2. The van der Waals surface area contributed by atoms with Gasteiger partial charge in [0.25, 0.3) is 0 Å². The van der Waals surface area contributed by atoms with Gasteiger partial charge in [-0.05, 0) is 19.1 Å². The number of carbonyl (C=O) groups is 1. The van der Waals surface area contributed by atoms with Crippen LogP contribution in [0.1, 0.15) is 20.8 Å². The zero-order chi connectivity index (χ0) is 11.3. The summed E-state index contributed by atoms with van der Waals surface area (Å²) >= 11 is 0. The van der Waals surface area contributed by atoms with Gasteiger partial charge in [-0.15, -0.1) is 0 Å². The van der Waals surface area contributed by atoms with Crippen LogP contribution >= 0.6 is 0 Å². The summed E-state index contributed by atoms with van der Waals surface area (Å²) in [5, 5.41) is 10.3. The minimum atomic E-state index is 0.213. The second-order valence-electron chi connectivity index (χ2n) is 3.58. The number of ketones is 1. The summed E-state index contributed by atoms with van der Waals surface area (Å²) in [4.78, 5) is 10.1. The zero-order valence-electron chi connectivity index (χ0n) is 9.19. The summed E-state index contributed by atoms with van der Waals surface area (Å²) in [5.74, 6) is 0.472. The van der Waals surface area contributed by atoms with Crippen LogP contribution in [-0.2, 0) is 4.79 Å². The lowest BCUT2D eigenvalue weighted by Gasteiger charge is -1.90. The minimum absolute atomic E-state index is 0.213. The molecule has 0 aliphatic heterocycles. The van der Waals surface area contributed by atoms with E-state index in [9.17, 15) is 4.79 Å². The molecule has 0 saturated carbocycles. The van der Waals surface area contributed by atoms with Crippen LogP contribution in [-0.4, -0.2) is 21.2 Å². The van der Waals surface area contributed by atoms with Crippen molar-refractivity contribution >= 4 is 16.8 Å². The van der Waals surface area contributed by atoms with Crippen LogP contribution in [0.5, 0.6) is 0 Å². The number of nitrogens with zero attached hydrogens (tertiary/aromatic N) is 2. The monoisotopic (exact) mass is 205 g/mol. The number of hydrogen-bond acceptors (Lipinski definition) is 3. The minimum Gasteiger partial charge on any atom is -0.300 e. The number of nitrogens with one attached hydrogen (secondary N) is 1. The maximum atomic E-state index is 10.1. The number of aromatic nitrogens is 3. The van der Waals surface area contributed by atoms with E-state index in [1.807, 2.05) is 38.1 Å². The van der Waals surface area contributed by atoms with Gasteiger partial charge in [-0.25, -0.2) is 0 Å². The molecule has 1 aromatic heterocycles. The van der Waals surface area contributed by atoms with Crippen molar-refractivity contribution in [2.45, 2.75) is 20.8 Å². The number of fused-ring (bicyclic) bond motifs is 1.